The van der Waals surface area contributed by atoms with E-state index in [1.165, 1.54) is 34.8 Å². The lowest BCUT2D eigenvalue weighted by Gasteiger charge is -2.24. The summed E-state index contributed by atoms with van der Waals surface area (Å²) in [6.45, 7) is 3.37. The largest absolute Gasteiger partial charge is 0.431 e. The Morgan fingerprint density at radius 2 is 1.16 bits per heavy atom. The van der Waals surface area contributed by atoms with Crippen LogP contribution >= 0.6 is 22.7 Å². The first-order chi connectivity index (χ1) is 23.7. The van der Waals surface area contributed by atoms with Gasteiger partial charge in [0.15, 0.2) is 0 Å². The van der Waals surface area contributed by atoms with Gasteiger partial charge in [-0.05, 0) is 110 Å². The average Bonchev–Trinajstić information content (AvgIpc) is 3.71. The predicted octanol–water partition coefficient (Wildman–Crippen LogP) is 10.7. The molecule has 0 spiro atoms. The minimum atomic E-state index is -1.01. The molecular formula is C40H35FN2O4S2. The summed E-state index contributed by atoms with van der Waals surface area (Å²) in [4.78, 5) is 19.9. The molecule has 0 saturated heterocycles. The zero-order valence-corrected chi connectivity index (χ0v) is 28.8. The summed E-state index contributed by atoms with van der Waals surface area (Å²) < 4.78 is 26.9. The van der Waals surface area contributed by atoms with Crippen LogP contribution in [-0.4, -0.2) is 20.9 Å². The first-order valence-corrected chi connectivity index (χ1v) is 17.6. The van der Waals surface area contributed by atoms with Crippen molar-refractivity contribution in [3.63, 3.8) is 0 Å². The quantitative estimate of drug-likeness (QED) is 0.145. The molecule has 7 aromatic rings. The van der Waals surface area contributed by atoms with Crippen LogP contribution in [0.25, 0.3) is 20.4 Å². The zero-order chi connectivity index (χ0) is 34.2. The molecule has 49 heavy (non-hydrogen) atoms. The number of para-hydroxylation sites is 2. The number of hydrogen-bond acceptors (Lipinski definition) is 8. The summed E-state index contributed by atoms with van der Waals surface area (Å²) in [5.74, 6) is 1.40. The Labute approximate surface area is 292 Å². The molecule has 248 valence electrons. The van der Waals surface area contributed by atoms with Crippen LogP contribution in [0.3, 0.4) is 0 Å². The predicted molar refractivity (Wildman–Crippen MR) is 196 cm³/mol. The highest BCUT2D eigenvalue weighted by molar-refractivity contribution is 7.20. The lowest BCUT2D eigenvalue weighted by Crippen LogP contribution is -2.21. The first-order valence-electron chi connectivity index (χ1n) is 15.9. The van der Waals surface area contributed by atoms with Crippen molar-refractivity contribution in [3.05, 3.63) is 144 Å². The van der Waals surface area contributed by atoms with Crippen LogP contribution in [0.5, 0.6) is 21.9 Å². The van der Waals surface area contributed by atoms with Crippen molar-refractivity contribution in [1.29, 1.82) is 0 Å². The maximum absolute atomic E-state index is 13.1. The number of hydrogen-bond donors (Lipinski definition) is 1. The van der Waals surface area contributed by atoms with E-state index in [1.807, 2.05) is 97.1 Å². The van der Waals surface area contributed by atoms with Gasteiger partial charge in [-0.1, -0.05) is 83.3 Å². The second kappa shape index (κ2) is 15.5. The molecule has 7 rings (SSSR count). The second-order valence-corrected chi connectivity index (χ2v) is 13.9. The third-order valence-electron chi connectivity index (χ3n) is 7.94. The van der Waals surface area contributed by atoms with Crippen LogP contribution in [0.15, 0.2) is 121 Å². The van der Waals surface area contributed by atoms with Crippen molar-refractivity contribution in [3.8, 4) is 21.9 Å². The number of aromatic nitrogens is 2. The maximum Gasteiger partial charge on any atom is 0.279 e. The average molecular weight is 691 g/mol. The highest BCUT2D eigenvalue weighted by Crippen LogP contribution is 2.33. The van der Waals surface area contributed by atoms with Crippen molar-refractivity contribution >= 4 is 48.9 Å². The fourth-order valence-electron chi connectivity index (χ4n) is 5.10. The topological polar surface area (TPSA) is 81.5 Å². The summed E-state index contributed by atoms with van der Waals surface area (Å²) >= 11 is 3.05. The normalized spacial score (nSPS) is 12.2. The molecule has 0 saturated carbocycles. The lowest BCUT2D eigenvalue weighted by atomic mass is 9.89. The van der Waals surface area contributed by atoms with E-state index >= 15 is 0 Å². The van der Waals surface area contributed by atoms with Crippen LogP contribution in [0.2, 0.25) is 0 Å². The Balaban J connectivity index is 0.000000177. The molecule has 1 atom stereocenters. The van der Waals surface area contributed by atoms with Crippen LogP contribution in [0.1, 0.15) is 43.4 Å². The summed E-state index contributed by atoms with van der Waals surface area (Å²) in [6, 6.07) is 37.5. The van der Waals surface area contributed by atoms with E-state index in [1.54, 1.807) is 26.0 Å². The van der Waals surface area contributed by atoms with Crippen molar-refractivity contribution < 1.29 is 23.8 Å². The fraction of sp³-hybridized carbons (Fsp3) is 0.175. The maximum atomic E-state index is 13.1. The second-order valence-electron chi connectivity index (χ2n) is 11.9. The Hall–Kier alpha value is -4.96. The number of ketones is 1. The molecular weight excluding hydrogens is 656 g/mol. The van der Waals surface area contributed by atoms with Gasteiger partial charge in [0.05, 0.1) is 26.0 Å². The Morgan fingerprint density at radius 3 is 1.63 bits per heavy atom. The standard InChI is InChI=1S/C23H20FNO2S.C17H15NO2S/c1-23(26,17-8-10-18(24)11-9-17)15-14-16-6-12-19(13-7-16)27-22-25-20-4-2-3-5-21(20)28-22;1-12(19)6-7-13-8-10-14(11-9-13)20-17-18-15-4-2-3-5-16(15)21-17/h2-13,26H,14-15H2,1H3;2-5,8-11H,6-7H2,1H3. The van der Waals surface area contributed by atoms with Crippen molar-refractivity contribution in [2.45, 2.75) is 45.1 Å². The summed E-state index contributed by atoms with van der Waals surface area (Å²) in [7, 11) is 0. The number of rotatable bonds is 11. The number of Topliss-reactive ketones (excluding diaryl/α,β-unsaturated/α-hetero) is 1. The third kappa shape index (κ3) is 9.35. The number of carbonyl (C=O) groups is 1. The molecule has 0 radical (unpaired) electrons. The van der Waals surface area contributed by atoms with Gasteiger partial charge in [-0.2, -0.15) is 0 Å². The van der Waals surface area contributed by atoms with E-state index in [0.717, 1.165) is 49.5 Å². The minimum absolute atomic E-state index is 0.213. The molecule has 0 aliphatic heterocycles. The van der Waals surface area contributed by atoms with Gasteiger partial charge >= 0.3 is 0 Å². The molecule has 0 bridgehead atoms. The number of halogens is 1. The van der Waals surface area contributed by atoms with E-state index in [2.05, 4.69) is 9.97 Å². The number of fused-ring (bicyclic) bond motifs is 2. The van der Waals surface area contributed by atoms with Gasteiger partial charge in [0.25, 0.3) is 10.4 Å². The van der Waals surface area contributed by atoms with Gasteiger partial charge < -0.3 is 19.4 Å². The van der Waals surface area contributed by atoms with E-state index in [0.29, 0.717) is 35.2 Å². The van der Waals surface area contributed by atoms with E-state index in [-0.39, 0.29) is 11.6 Å². The van der Waals surface area contributed by atoms with Gasteiger partial charge in [0, 0.05) is 6.42 Å². The smallest absolute Gasteiger partial charge is 0.279 e. The summed E-state index contributed by atoms with van der Waals surface area (Å²) in [6.07, 6.45) is 2.59. The number of benzene rings is 5. The third-order valence-corrected chi connectivity index (χ3v) is 9.77. The molecule has 0 aliphatic rings. The molecule has 6 nitrogen and oxygen atoms in total. The van der Waals surface area contributed by atoms with Gasteiger partial charge in [-0.3, -0.25) is 0 Å². The highest BCUT2D eigenvalue weighted by atomic mass is 32.1. The van der Waals surface area contributed by atoms with E-state index in [9.17, 15) is 14.3 Å². The number of aryl methyl sites for hydroxylation is 2. The van der Waals surface area contributed by atoms with Crippen molar-refractivity contribution in [2.24, 2.45) is 0 Å². The Kier molecular flexibility index (Phi) is 10.7. The van der Waals surface area contributed by atoms with Crippen LogP contribution in [0.4, 0.5) is 4.39 Å². The van der Waals surface area contributed by atoms with Gasteiger partial charge in [0.1, 0.15) is 23.1 Å². The molecule has 5 aromatic carbocycles. The minimum Gasteiger partial charge on any atom is -0.431 e. The molecule has 0 aliphatic carbocycles. The van der Waals surface area contributed by atoms with Crippen molar-refractivity contribution in [2.75, 3.05) is 0 Å². The number of ether oxygens (including phenoxy) is 2. The first kappa shape index (κ1) is 33.9. The molecule has 1 N–H and O–H groups in total. The van der Waals surface area contributed by atoms with Crippen LogP contribution < -0.4 is 9.47 Å². The summed E-state index contributed by atoms with van der Waals surface area (Å²) in [5, 5.41) is 12.0. The SMILES string of the molecule is CC(=O)CCc1ccc(Oc2nc3ccccc3s2)cc1.CC(O)(CCc1ccc(Oc2nc3ccccc3s2)cc1)c1ccc(F)cc1. The number of aliphatic hydroxyl groups is 1. The van der Waals surface area contributed by atoms with Crippen LogP contribution in [0, 0.1) is 5.82 Å². The van der Waals surface area contributed by atoms with Crippen LogP contribution in [-0.2, 0) is 23.2 Å². The molecule has 2 heterocycles. The number of nitrogens with zero attached hydrogens (tertiary/aromatic N) is 2. The molecule has 0 amide bonds. The molecule has 0 fully saturated rings. The Morgan fingerprint density at radius 1 is 0.694 bits per heavy atom. The van der Waals surface area contributed by atoms with Gasteiger partial charge in [-0.25, -0.2) is 14.4 Å². The number of thiazole rings is 2. The van der Waals surface area contributed by atoms with Crippen molar-refractivity contribution in [1.82, 2.24) is 9.97 Å². The highest BCUT2D eigenvalue weighted by Gasteiger charge is 2.22. The molecule has 2 aromatic heterocycles. The van der Waals surface area contributed by atoms with Gasteiger partial charge in [0.2, 0.25) is 0 Å². The van der Waals surface area contributed by atoms with E-state index in [4.69, 9.17) is 9.47 Å². The number of carbonyl (C=O) groups excluding carboxylic acids is 1. The van der Waals surface area contributed by atoms with E-state index < -0.39 is 5.60 Å². The molecule has 1 unspecified atom stereocenters. The zero-order valence-electron chi connectivity index (χ0n) is 27.1. The fourth-order valence-corrected chi connectivity index (χ4v) is 6.77. The van der Waals surface area contributed by atoms with Gasteiger partial charge in [-0.15, -0.1) is 0 Å². The molecule has 9 heteroatoms. The lowest BCUT2D eigenvalue weighted by molar-refractivity contribution is -0.116. The summed E-state index contributed by atoms with van der Waals surface area (Å²) in [5.41, 5.74) is 3.83. The Bertz CT molecular complexity index is 2070. The monoisotopic (exact) mass is 690 g/mol.